The summed E-state index contributed by atoms with van der Waals surface area (Å²) >= 11 is 0. The van der Waals surface area contributed by atoms with Gasteiger partial charge in [-0.2, -0.15) is 0 Å². The lowest BCUT2D eigenvalue weighted by Crippen LogP contribution is -2.51. The monoisotopic (exact) mass is 482 g/mol. The average Bonchev–Trinajstić information content (AvgIpc) is 3.46. The van der Waals surface area contributed by atoms with Gasteiger partial charge in [-0.25, -0.2) is 9.18 Å². The van der Waals surface area contributed by atoms with Gasteiger partial charge in [0, 0.05) is 32.1 Å². The number of carbonyl (C=O) groups is 3. The van der Waals surface area contributed by atoms with Crippen molar-refractivity contribution in [2.45, 2.75) is 25.2 Å². The number of ether oxygens (including phenoxy) is 2. The molecule has 35 heavy (non-hydrogen) atoms. The summed E-state index contributed by atoms with van der Waals surface area (Å²) in [6.45, 7) is 3.62. The normalized spacial score (nSPS) is 23.8. The number of benzene rings is 2. The highest BCUT2D eigenvalue weighted by molar-refractivity contribution is 5.94. The molecule has 2 aromatic rings. The van der Waals surface area contributed by atoms with Gasteiger partial charge in [0.05, 0.1) is 43.2 Å². The van der Waals surface area contributed by atoms with Crippen molar-refractivity contribution >= 4 is 29.3 Å². The number of hydrogen-bond donors (Lipinski definition) is 1. The molecule has 0 saturated carbocycles. The van der Waals surface area contributed by atoms with Crippen LogP contribution in [0.25, 0.3) is 0 Å². The van der Waals surface area contributed by atoms with Gasteiger partial charge in [-0.15, -0.1) is 0 Å². The van der Waals surface area contributed by atoms with E-state index in [1.165, 1.54) is 17.9 Å². The number of amides is 3. The quantitative estimate of drug-likeness (QED) is 0.701. The highest BCUT2D eigenvalue weighted by atomic mass is 19.1. The maximum absolute atomic E-state index is 15.3. The van der Waals surface area contributed by atoms with Crippen molar-refractivity contribution < 1.29 is 28.2 Å². The Morgan fingerprint density at radius 2 is 1.91 bits per heavy atom. The van der Waals surface area contributed by atoms with Gasteiger partial charge in [-0.1, -0.05) is 18.2 Å². The van der Waals surface area contributed by atoms with Crippen molar-refractivity contribution in [3.05, 3.63) is 59.9 Å². The molecule has 0 aromatic heterocycles. The Kier molecular flexibility index (Phi) is 6.29. The Morgan fingerprint density at radius 1 is 1.11 bits per heavy atom. The number of anilines is 2. The lowest BCUT2D eigenvalue weighted by molar-refractivity contribution is -0.119. The summed E-state index contributed by atoms with van der Waals surface area (Å²) in [7, 11) is 0. The Hall–Kier alpha value is -3.66. The highest BCUT2D eigenvalue weighted by Crippen LogP contribution is 2.33. The van der Waals surface area contributed by atoms with E-state index in [2.05, 4.69) is 5.32 Å². The number of morpholine rings is 1. The molecule has 3 amide bonds. The molecule has 0 aliphatic carbocycles. The molecule has 5 rings (SSSR count). The number of carbonyl (C=O) groups excluding carboxylic acids is 3. The molecule has 9 nitrogen and oxygen atoms in total. The summed E-state index contributed by atoms with van der Waals surface area (Å²) in [6.07, 6.45) is -1.29. The van der Waals surface area contributed by atoms with Gasteiger partial charge in [0.1, 0.15) is 11.9 Å². The number of cyclic esters (lactones) is 1. The summed E-state index contributed by atoms with van der Waals surface area (Å²) in [5, 5.41) is 2.62. The van der Waals surface area contributed by atoms with Crippen molar-refractivity contribution in [3.8, 4) is 0 Å². The largest absolute Gasteiger partial charge is 0.442 e. The molecule has 0 bridgehead atoms. The number of likely N-dealkylation sites (tertiary alicyclic amines) is 1. The molecule has 0 spiro atoms. The maximum Gasteiger partial charge on any atom is 0.414 e. The molecular weight excluding hydrogens is 455 g/mol. The fraction of sp³-hybridized carbons (Fsp3) is 0.400. The van der Waals surface area contributed by atoms with Crippen molar-refractivity contribution in [1.82, 2.24) is 10.2 Å². The van der Waals surface area contributed by atoms with E-state index in [1.807, 2.05) is 23.1 Å². The molecule has 1 N–H and O–H groups in total. The van der Waals surface area contributed by atoms with Crippen LogP contribution in [0.4, 0.5) is 20.6 Å². The number of halogens is 1. The third-order valence-corrected chi connectivity index (χ3v) is 6.61. The van der Waals surface area contributed by atoms with E-state index < -0.39 is 18.0 Å². The predicted molar refractivity (Wildman–Crippen MR) is 126 cm³/mol. The van der Waals surface area contributed by atoms with Gasteiger partial charge in [-0.3, -0.25) is 14.5 Å². The standard InChI is InChI=1S/C25H27FN4O5/c1-16(31)27-12-19-13-30(25(33)35-19)18-7-8-21(20(26)11-18)29-9-10-34-23-15-28(14-22(23)29)24(32)17-5-3-2-4-6-17/h2-8,11,19,22-23H,9-10,12-15H2,1H3,(H,27,31). The number of hydrogen-bond acceptors (Lipinski definition) is 6. The van der Waals surface area contributed by atoms with Crippen molar-refractivity contribution in [2.24, 2.45) is 0 Å². The minimum atomic E-state index is -0.579. The zero-order chi connectivity index (χ0) is 24.5. The predicted octanol–water partition coefficient (Wildman–Crippen LogP) is 2.02. The Morgan fingerprint density at radius 3 is 2.66 bits per heavy atom. The topological polar surface area (TPSA) is 91.4 Å². The van der Waals surface area contributed by atoms with Crippen molar-refractivity contribution in [3.63, 3.8) is 0 Å². The first-order valence-electron chi connectivity index (χ1n) is 11.7. The third kappa shape index (κ3) is 4.66. The molecule has 10 heteroatoms. The molecular formula is C25H27FN4O5. The number of rotatable bonds is 5. The van der Waals surface area contributed by atoms with Gasteiger partial charge in [0.25, 0.3) is 5.91 Å². The third-order valence-electron chi connectivity index (χ3n) is 6.61. The van der Waals surface area contributed by atoms with E-state index in [-0.39, 0.29) is 37.0 Å². The van der Waals surface area contributed by atoms with E-state index in [9.17, 15) is 14.4 Å². The minimum Gasteiger partial charge on any atom is -0.442 e. The first-order chi connectivity index (χ1) is 16.9. The summed E-state index contributed by atoms with van der Waals surface area (Å²) in [5.74, 6) is -0.746. The lowest BCUT2D eigenvalue weighted by atomic mass is 10.1. The molecule has 0 radical (unpaired) electrons. The second-order valence-corrected chi connectivity index (χ2v) is 8.94. The van der Waals surface area contributed by atoms with E-state index in [1.54, 1.807) is 29.2 Å². The van der Waals surface area contributed by atoms with Crippen LogP contribution in [-0.4, -0.2) is 80.4 Å². The summed E-state index contributed by atoms with van der Waals surface area (Å²) in [5.41, 5.74) is 1.41. The van der Waals surface area contributed by atoms with E-state index in [4.69, 9.17) is 9.47 Å². The number of nitrogens with zero attached hydrogens (tertiary/aromatic N) is 3. The smallest absolute Gasteiger partial charge is 0.414 e. The van der Waals surface area contributed by atoms with Gasteiger partial charge in [-0.05, 0) is 30.3 Å². The van der Waals surface area contributed by atoms with Crippen LogP contribution < -0.4 is 15.1 Å². The summed E-state index contributed by atoms with van der Waals surface area (Å²) in [6, 6.07) is 13.6. The second kappa shape index (κ2) is 9.53. The van der Waals surface area contributed by atoms with E-state index in [0.29, 0.717) is 43.2 Å². The summed E-state index contributed by atoms with van der Waals surface area (Å²) in [4.78, 5) is 41.4. The SMILES string of the molecule is CC(=O)NCC1CN(c2ccc(N3CCOC4CN(C(=O)c5ccccc5)CC43)c(F)c2)C(=O)O1. The van der Waals surface area contributed by atoms with Crippen LogP contribution in [-0.2, 0) is 14.3 Å². The van der Waals surface area contributed by atoms with Gasteiger partial charge >= 0.3 is 6.09 Å². The molecule has 3 unspecified atom stereocenters. The lowest BCUT2D eigenvalue weighted by Gasteiger charge is -2.38. The van der Waals surface area contributed by atoms with Crippen molar-refractivity contribution in [2.75, 3.05) is 49.1 Å². The molecule has 184 valence electrons. The van der Waals surface area contributed by atoms with E-state index in [0.717, 1.165) is 0 Å². The van der Waals surface area contributed by atoms with Crippen LogP contribution in [0, 0.1) is 5.82 Å². The van der Waals surface area contributed by atoms with Crippen LogP contribution in [0.1, 0.15) is 17.3 Å². The van der Waals surface area contributed by atoms with Crippen LogP contribution in [0.5, 0.6) is 0 Å². The fourth-order valence-corrected chi connectivity index (χ4v) is 4.91. The van der Waals surface area contributed by atoms with Crippen molar-refractivity contribution in [1.29, 1.82) is 0 Å². The fourth-order valence-electron chi connectivity index (χ4n) is 4.91. The second-order valence-electron chi connectivity index (χ2n) is 8.94. The first kappa shape index (κ1) is 23.1. The molecule has 3 saturated heterocycles. The number of fused-ring (bicyclic) bond motifs is 1. The highest BCUT2D eigenvalue weighted by Gasteiger charge is 2.43. The Bertz CT molecular complexity index is 1130. The van der Waals surface area contributed by atoms with E-state index >= 15 is 4.39 Å². The van der Waals surface area contributed by atoms with Crippen LogP contribution in [0.15, 0.2) is 48.5 Å². The van der Waals surface area contributed by atoms with Crippen LogP contribution in [0.3, 0.4) is 0 Å². The number of nitrogens with one attached hydrogen (secondary N) is 1. The van der Waals surface area contributed by atoms with Gasteiger partial charge in [0.2, 0.25) is 5.91 Å². The molecule has 3 heterocycles. The maximum atomic E-state index is 15.3. The summed E-state index contributed by atoms with van der Waals surface area (Å²) < 4.78 is 26.5. The first-order valence-corrected chi connectivity index (χ1v) is 11.7. The van der Waals surface area contributed by atoms with Crippen LogP contribution >= 0.6 is 0 Å². The van der Waals surface area contributed by atoms with Gasteiger partial charge < -0.3 is 24.6 Å². The molecule has 3 aliphatic rings. The van der Waals surface area contributed by atoms with Gasteiger partial charge in [0.15, 0.2) is 0 Å². The average molecular weight is 483 g/mol. The zero-order valence-electron chi connectivity index (χ0n) is 19.4. The Labute approximate surface area is 202 Å². The zero-order valence-corrected chi connectivity index (χ0v) is 19.4. The molecule has 3 atom stereocenters. The molecule has 3 aliphatic heterocycles. The minimum absolute atomic E-state index is 0.0688. The molecule has 2 aromatic carbocycles. The molecule has 3 fully saturated rings. The van der Waals surface area contributed by atoms with Crippen LogP contribution in [0.2, 0.25) is 0 Å². The Balaban J connectivity index is 1.30.